The molecule has 1 aromatic carbocycles. The van der Waals surface area contributed by atoms with Crippen LogP contribution in [0.2, 0.25) is 0 Å². The number of anilines is 2. The predicted octanol–water partition coefficient (Wildman–Crippen LogP) is 4.50. The number of nitrogens with one attached hydrogen (secondary N) is 3. The smallest absolute Gasteiger partial charge is 0.407 e. The van der Waals surface area contributed by atoms with Gasteiger partial charge in [0.25, 0.3) is 0 Å². The highest BCUT2D eigenvalue weighted by atomic mass is 32.2. The third kappa shape index (κ3) is 11.7. The lowest BCUT2D eigenvalue weighted by Crippen LogP contribution is -2.44. The molecule has 2 radical (unpaired) electrons. The number of nitrogens with zero attached hydrogens (tertiary/aromatic N) is 7. The van der Waals surface area contributed by atoms with Gasteiger partial charge in [0.05, 0.1) is 17.3 Å². The number of hydrogen-bond acceptors (Lipinski definition) is 13. The number of aryl methyl sites for hydroxylation is 1. The molecule has 1 amide bonds. The van der Waals surface area contributed by atoms with Gasteiger partial charge in [0.2, 0.25) is 16.0 Å². The molecule has 0 saturated carbocycles. The van der Waals surface area contributed by atoms with E-state index in [1.165, 1.54) is 18.5 Å². The van der Waals surface area contributed by atoms with E-state index in [0.717, 1.165) is 5.56 Å². The van der Waals surface area contributed by atoms with Gasteiger partial charge in [0.15, 0.2) is 11.5 Å². The number of aromatic nitrogens is 4. The van der Waals surface area contributed by atoms with Crippen molar-refractivity contribution in [1.82, 2.24) is 29.6 Å². The molecule has 1 aliphatic heterocycles. The number of carbonyl (C=O) groups is 2. The molecule has 52 heavy (non-hydrogen) atoms. The second kappa shape index (κ2) is 16.8. The molecule has 0 bridgehead atoms. The number of fused-ring (bicyclic) bond motifs is 1. The number of imidazole rings is 1. The number of rotatable bonds is 15. The number of amides is 1. The van der Waals surface area contributed by atoms with Crippen molar-refractivity contribution < 1.29 is 32.2 Å². The zero-order valence-electron chi connectivity index (χ0n) is 30.4. The topological polar surface area (TPSA) is 250 Å². The Labute approximate surface area is 303 Å². The van der Waals surface area contributed by atoms with Gasteiger partial charge in [0, 0.05) is 30.5 Å². The Morgan fingerprint density at radius 1 is 1.06 bits per heavy atom. The zero-order valence-corrected chi connectivity index (χ0v) is 31.2. The largest absolute Gasteiger partial charge is 0.459 e. The maximum atomic E-state index is 13.2. The lowest BCUT2D eigenvalue weighted by molar-refractivity contribution is -0.157. The maximum Gasteiger partial charge on any atom is 0.407 e. The summed E-state index contributed by atoms with van der Waals surface area (Å²) in [6.45, 7) is 12.8. The van der Waals surface area contributed by atoms with Gasteiger partial charge >= 0.3 is 12.1 Å². The van der Waals surface area contributed by atoms with E-state index in [1.54, 1.807) is 64.7 Å². The summed E-state index contributed by atoms with van der Waals surface area (Å²) >= 11 is 0. The first-order valence-electron chi connectivity index (χ1n) is 16.7. The Bertz CT molecular complexity index is 1870. The third-order valence-corrected chi connectivity index (χ3v) is 8.92. The van der Waals surface area contributed by atoms with Crippen molar-refractivity contribution in [3.8, 4) is 0 Å². The fourth-order valence-corrected chi connectivity index (χ4v) is 6.35. The monoisotopic (exact) mass is 741 g/mol. The van der Waals surface area contributed by atoms with Crippen molar-refractivity contribution in [1.29, 1.82) is 0 Å². The number of carbonyl (C=O) groups excluding carboxylic acids is 2. The Kier molecular flexibility index (Phi) is 12.9. The van der Waals surface area contributed by atoms with Gasteiger partial charge in [-0.25, -0.2) is 18.2 Å². The van der Waals surface area contributed by atoms with Crippen molar-refractivity contribution in [3.05, 3.63) is 59.4 Å². The van der Waals surface area contributed by atoms with Gasteiger partial charge in [-0.3, -0.25) is 9.36 Å². The second-order valence-electron chi connectivity index (χ2n) is 14.3. The van der Waals surface area contributed by atoms with Gasteiger partial charge in [-0.15, -0.1) is 0 Å². The van der Waals surface area contributed by atoms with E-state index in [-0.39, 0.29) is 42.5 Å². The molecule has 0 aliphatic carbocycles. The Hall–Kier alpha value is -4.71. The van der Waals surface area contributed by atoms with Crippen LogP contribution in [0.15, 0.2) is 40.6 Å². The zero-order chi connectivity index (χ0) is 38.3. The first-order valence-corrected chi connectivity index (χ1v) is 18.2. The van der Waals surface area contributed by atoms with Crippen LogP contribution in [0.25, 0.3) is 21.6 Å². The van der Waals surface area contributed by atoms with Crippen LogP contribution < -0.4 is 21.1 Å². The molecule has 4 rings (SSSR count). The molecule has 0 unspecified atom stereocenters. The number of esters is 1. The average molecular weight is 742 g/mol. The van der Waals surface area contributed by atoms with E-state index in [0.29, 0.717) is 17.7 Å². The molecule has 1 fully saturated rings. The molecule has 3 heterocycles. The minimum atomic E-state index is -4.08. The molecule has 5 N–H and O–H groups in total. The summed E-state index contributed by atoms with van der Waals surface area (Å²) in [7, 11) is -4.08. The van der Waals surface area contributed by atoms with E-state index in [4.69, 9.17) is 19.9 Å². The molecule has 4 atom stereocenters. The molecule has 0 spiro atoms. The van der Waals surface area contributed by atoms with Gasteiger partial charge < -0.3 is 30.6 Å². The molecule has 19 heteroatoms. The van der Waals surface area contributed by atoms with Gasteiger partial charge in [-0.2, -0.15) is 14.7 Å². The number of hydrogen-bond donors (Lipinski definition) is 4. The fraction of sp³-hybridized carbons (Fsp3) is 0.545. The van der Waals surface area contributed by atoms with E-state index in [9.17, 15) is 23.5 Å². The number of ether oxygens (including phenoxy) is 3. The van der Waals surface area contributed by atoms with Crippen LogP contribution in [0.5, 0.6) is 0 Å². The van der Waals surface area contributed by atoms with Crippen LogP contribution in [-0.2, 0) is 29.0 Å². The van der Waals surface area contributed by atoms with E-state index >= 15 is 0 Å². The van der Waals surface area contributed by atoms with Crippen molar-refractivity contribution in [3.63, 3.8) is 0 Å². The lowest BCUT2D eigenvalue weighted by Gasteiger charge is -2.25. The molecular weight excluding hydrogens is 694 g/mol. The standard InChI is InChI=1S/C33H47N11O7S/c1-20-8-12-23(13-9-20)52(47,48)42-24(29(45)50-32(2,3)4)14-10-21(41-43-35)18-22-11-15-25(49-22)44-19-38-26-27(34)39-30(40-28(26)44)36-16-17-37-31(46)51-33(5,6)7/h8-9,11-13,15,19,21-22,24-25,42H,10,14,16-18H2,1-7H3,(H,37,46)(H3,34,36,39,40)/t21-,22+,24-,25+/m0/s1. The summed E-state index contributed by atoms with van der Waals surface area (Å²) in [6.07, 6.45) is 3.85. The highest BCUT2D eigenvalue weighted by Gasteiger charge is 2.33. The average Bonchev–Trinajstić information content (AvgIpc) is 3.67. The molecule has 2 aromatic heterocycles. The summed E-state index contributed by atoms with van der Waals surface area (Å²) < 4.78 is 47.6. The molecule has 3 aromatic rings. The van der Waals surface area contributed by atoms with Gasteiger partial charge in [-0.05, 0) is 91.8 Å². The SMILES string of the molecule is Cc1ccc(S(=O)(=O)N[C@@H](CC[C@@H](C[C@H]2[CH][CH][C@H](n3cnc4c(N)nc(NCCNC(=O)OC(C)(C)C)nc43)O2)N=[N+]=[N-])C(=O)OC(C)(C)C)cc1. The van der Waals surface area contributed by atoms with Crippen LogP contribution in [0.1, 0.15) is 72.6 Å². The highest BCUT2D eigenvalue weighted by Crippen LogP contribution is 2.33. The second-order valence-corrected chi connectivity index (χ2v) is 16.0. The fourth-order valence-electron chi connectivity index (χ4n) is 5.13. The molecular formula is C33H47N11O7S. The Balaban J connectivity index is 1.40. The molecule has 1 saturated heterocycles. The third-order valence-electron chi connectivity index (χ3n) is 7.43. The minimum absolute atomic E-state index is 0.00498. The van der Waals surface area contributed by atoms with Crippen molar-refractivity contribution in [2.75, 3.05) is 24.1 Å². The number of sulfonamides is 1. The predicted molar refractivity (Wildman–Crippen MR) is 193 cm³/mol. The lowest BCUT2D eigenvalue weighted by atomic mass is 10.0. The van der Waals surface area contributed by atoms with Crippen molar-refractivity contribution in [2.45, 2.75) is 108 Å². The first kappa shape index (κ1) is 40.1. The minimum Gasteiger partial charge on any atom is -0.459 e. The Morgan fingerprint density at radius 2 is 1.75 bits per heavy atom. The van der Waals surface area contributed by atoms with Crippen molar-refractivity contribution >= 4 is 45.0 Å². The molecule has 1 aliphatic rings. The molecule has 282 valence electrons. The van der Waals surface area contributed by atoms with Crippen LogP contribution in [0.3, 0.4) is 0 Å². The summed E-state index contributed by atoms with van der Waals surface area (Å²) in [5.74, 6) is -0.385. The van der Waals surface area contributed by atoms with Gasteiger partial charge in [0.1, 0.15) is 29.0 Å². The quantitative estimate of drug-likeness (QED) is 0.0553. The van der Waals surface area contributed by atoms with E-state index in [1.807, 2.05) is 13.3 Å². The van der Waals surface area contributed by atoms with Crippen LogP contribution in [-0.4, -0.2) is 82.5 Å². The number of nitrogens with two attached hydrogens (primary N) is 1. The van der Waals surface area contributed by atoms with Crippen LogP contribution >= 0.6 is 0 Å². The Morgan fingerprint density at radius 3 is 2.40 bits per heavy atom. The number of nitrogen functional groups attached to an aromatic ring is 1. The summed E-state index contributed by atoms with van der Waals surface area (Å²) in [5.41, 5.74) is 15.7. The van der Waals surface area contributed by atoms with E-state index < -0.39 is 57.7 Å². The van der Waals surface area contributed by atoms with E-state index in [2.05, 4.69) is 40.3 Å². The summed E-state index contributed by atoms with van der Waals surface area (Å²) in [4.78, 5) is 41.2. The molecule has 18 nitrogen and oxygen atoms in total. The number of benzene rings is 1. The number of azide groups is 1. The summed E-state index contributed by atoms with van der Waals surface area (Å²) in [5, 5.41) is 9.60. The highest BCUT2D eigenvalue weighted by molar-refractivity contribution is 7.89. The summed E-state index contributed by atoms with van der Waals surface area (Å²) in [6, 6.07) is 4.34. The van der Waals surface area contributed by atoms with Crippen molar-refractivity contribution in [2.24, 2.45) is 5.11 Å². The number of alkyl carbamates (subject to hydrolysis) is 1. The van der Waals surface area contributed by atoms with Crippen LogP contribution in [0, 0.1) is 19.8 Å². The normalized spacial score (nSPS) is 17.6. The van der Waals surface area contributed by atoms with Crippen LogP contribution in [0.4, 0.5) is 16.6 Å². The first-order chi connectivity index (χ1) is 24.3. The van der Waals surface area contributed by atoms with Gasteiger partial charge in [-0.1, -0.05) is 22.8 Å². The maximum absolute atomic E-state index is 13.2.